The Morgan fingerprint density at radius 1 is 1.07 bits per heavy atom. The fourth-order valence-corrected chi connectivity index (χ4v) is 4.84. The van der Waals surface area contributed by atoms with E-state index in [1.54, 1.807) is 63.2 Å². The molecule has 232 valence electrons. The number of amidine groups is 1. The van der Waals surface area contributed by atoms with Crippen LogP contribution in [0.4, 0.5) is 29.3 Å². The van der Waals surface area contributed by atoms with Crippen LogP contribution in [0, 0.1) is 0 Å². The number of amides is 1. The first-order valence-electron chi connectivity index (χ1n) is 13.9. The van der Waals surface area contributed by atoms with Gasteiger partial charge >= 0.3 is 18.2 Å². The van der Waals surface area contributed by atoms with Gasteiger partial charge in [0.1, 0.15) is 18.7 Å². The number of alkyl halides is 3. The van der Waals surface area contributed by atoms with Gasteiger partial charge in [-0.15, -0.1) is 0 Å². The highest BCUT2D eigenvalue weighted by Crippen LogP contribution is 2.31. The highest BCUT2D eigenvalue weighted by molar-refractivity contribution is 6.04. The summed E-state index contributed by atoms with van der Waals surface area (Å²) in [6.45, 7) is 4.98. The second kappa shape index (κ2) is 12.9. The molecule has 1 aliphatic rings. The molecule has 0 bridgehead atoms. The number of ether oxygens (including phenoxy) is 1. The van der Waals surface area contributed by atoms with Crippen LogP contribution in [-0.2, 0) is 20.9 Å². The molecular weight excluding hydrogens is 565 g/mol. The van der Waals surface area contributed by atoms with Crippen molar-refractivity contribution < 1.29 is 32.3 Å². The lowest BCUT2D eigenvalue weighted by atomic mass is 10.0. The average Bonchev–Trinajstić information content (AvgIpc) is 3.29. The van der Waals surface area contributed by atoms with E-state index in [9.17, 15) is 22.8 Å². The smallest absolute Gasteiger partial charge is 0.415 e. The summed E-state index contributed by atoms with van der Waals surface area (Å²) in [6.07, 6.45) is -3.56. The summed E-state index contributed by atoms with van der Waals surface area (Å²) in [5.41, 5.74) is 6.57. The van der Waals surface area contributed by atoms with Crippen LogP contribution < -0.4 is 16.0 Å². The van der Waals surface area contributed by atoms with Crippen molar-refractivity contribution in [1.29, 1.82) is 0 Å². The Morgan fingerprint density at radius 2 is 1.74 bits per heavy atom. The number of oxime groups is 1. The normalized spacial score (nSPS) is 15.4. The van der Waals surface area contributed by atoms with Crippen LogP contribution in [0.3, 0.4) is 0 Å². The van der Waals surface area contributed by atoms with E-state index < -0.39 is 42.8 Å². The Hall–Kier alpha value is -4.26. The third-order valence-electron chi connectivity index (χ3n) is 6.84. The molecule has 0 spiro atoms. The zero-order valence-corrected chi connectivity index (χ0v) is 24.6. The van der Waals surface area contributed by atoms with Crippen molar-refractivity contribution >= 4 is 40.2 Å². The average molecular weight is 603 g/mol. The molecule has 10 nitrogen and oxygen atoms in total. The predicted molar refractivity (Wildman–Crippen MR) is 159 cm³/mol. The van der Waals surface area contributed by atoms with E-state index in [0.29, 0.717) is 22.3 Å². The van der Waals surface area contributed by atoms with Crippen LogP contribution in [0.5, 0.6) is 0 Å². The first-order chi connectivity index (χ1) is 20.2. The third-order valence-corrected chi connectivity index (χ3v) is 6.84. The van der Waals surface area contributed by atoms with Crippen LogP contribution in [0.25, 0.3) is 10.9 Å². The van der Waals surface area contributed by atoms with E-state index in [1.807, 2.05) is 13.1 Å². The summed E-state index contributed by atoms with van der Waals surface area (Å²) in [5, 5.41) is 7.66. The lowest BCUT2D eigenvalue weighted by molar-refractivity contribution is -0.142. The van der Waals surface area contributed by atoms with Crippen molar-refractivity contribution in [1.82, 2.24) is 9.47 Å². The topological polar surface area (TPSA) is 114 Å². The van der Waals surface area contributed by atoms with Gasteiger partial charge in [-0.2, -0.15) is 13.2 Å². The Balaban J connectivity index is 1.59. The number of fused-ring (bicyclic) bond motifs is 1. The van der Waals surface area contributed by atoms with Crippen LogP contribution in [0.1, 0.15) is 39.3 Å². The molecule has 0 radical (unpaired) electrons. The molecule has 1 aliphatic heterocycles. The molecule has 0 saturated carbocycles. The molecule has 2 heterocycles. The number of anilines is 2. The van der Waals surface area contributed by atoms with Gasteiger partial charge in [0.25, 0.3) is 0 Å². The maximum Gasteiger partial charge on any atom is 0.415 e. The Labute approximate surface area is 248 Å². The van der Waals surface area contributed by atoms with Gasteiger partial charge in [0.15, 0.2) is 5.84 Å². The fourth-order valence-electron chi connectivity index (χ4n) is 4.84. The number of nitrogens with zero attached hydrogens (tertiary/aromatic N) is 4. The van der Waals surface area contributed by atoms with E-state index in [-0.39, 0.29) is 11.7 Å². The lowest BCUT2D eigenvalue weighted by Crippen LogP contribution is -2.40. The van der Waals surface area contributed by atoms with Gasteiger partial charge in [0.05, 0.1) is 11.2 Å². The summed E-state index contributed by atoms with van der Waals surface area (Å²) in [5.74, 6) is -1.40. The molecule has 2 aromatic carbocycles. The number of piperidine rings is 1. The van der Waals surface area contributed by atoms with Gasteiger partial charge in [-0.05, 0) is 84.1 Å². The zero-order valence-electron chi connectivity index (χ0n) is 24.6. The van der Waals surface area contributed by atoms with Crippen LogP contribution in [0.2, 0.25) is 0 Å². The van der Waals surface area contributed by atoms with Gasteiger partial charge in [-0.3, -0.25) is 4.90 Å². The Morgan fingerprint density at radius 3 is 2.37 bits per heavy atom. The molecule has 0 aliphatic carbocycles. The number of benzene rings is 2. The Bertz CT molecular complexity index is 1460. The minimum atomic E-state index is -4.56. The number of hydrogen-bond acceptors (Lipinski definition) is 7. The molecule has 0 atom stereocenters. The molecule has 3 aromatic rings. The van der Waals surface area contributed by atoms with Gasteiger partial charge in [0.2, 0.25) is 0 Å². The van der Waals surface area contributed by atoms with Crippen LogP contribution in [-0.4, -0.2) is 71.9 Å². The molecule has 1 fully saturated rings. The van der Waals surface area contributed by atoms with E-state index in [2.05, 4.69) is 15.4 Å². The monoisotopic (exact) mass is 602 g/mol. The standard InChI is InChI=1S/C30H37F3N6O4/c1-29(2,3)42-28(41)38(21-9-6-5-7-10-21)18-26(40)43-36-27(34)25-17-22-23(35-20-13-15-37(4)16-14-20)11-8-12-24(22)39(25)19-30(31,32)33/h5-12,17,20,35H,13-16,18-19H2,1-4H3,(H2,34,36). The summed E-state index contributed by atoms with van der Waals surface area (Å²) in [4.78, 5) is 33.9. The van der Waals surface area contributed by atoms with Crippen molar-refractivity contribution in [3.05, 3.63) is 60.3 Å². The van der Waals surface area contributed by atoms with Crippen molar-refractivity contribution in [2.75, 3.05) is 36.9 Å². The molecule has 1 amide bonds. The minimum Gasteiger partial charge on any atom is -0.443 e. The number of aromatic nitrogens is 1. The van der Waals surface area contributed by atoms with Gasteiger partial charge in [-0.1, -0.05) is 29.4 Å². The van der Waals surface area contributed by atoms with Crippen LogP contribution >= 0.6 is 0 Å². The number of carbonyl (C=O) groups is 2. The Kier molecular flexibility index (Phi) is 9.53. The molecule has 3 N–H and O–H groups in total. The van der Waals surface area contributed by atoms with Crippen molar-refractivity contribution in [3.63, 3.8) is 0 Å². The lowest BCUT2D eigenvalue weighted by Gasteiger charge is -2.30. The number of rotatable bonds is 8. The minimum absolute atomic E-state index is 0.0650. The number of hydrogen-bond donors (Lipinski definition) is 2. The van der Waals surface area contributed by atoms with E-state index in [4.69, 9.17) is 15.3 Å². The molecule has 0 unspecified atom stereocenters. The first kappa shape index (κ1) is 31.7. The van der Waals surface area contributed by atoms with E-state index in [1.165, 1.54) is 6.07 Å². The fraction of sp³-hybridized carbons (Fsp3) is 0.433. The summed E-state index contributed by atoms with van der Waals surface area (Å²) < 4.78 is 47.4. The second-order valence-corrected chi connectivity index (χ2v) is 11.5. The van der Waals surface area contributed by atoms with E-state index >= 15 is 0 Å². The maximum atomic E-state index is 13.7. The van der Waals surface area contributed by atoms with E-state index in [0.717, 1.165) is 35.4 Å². The number of carbonyl (C=O) groups excluding carboxylic acids is 2. The summed E-state index contributed by atoms with van der Waals surface area (Å²) in [7, 11) is 2.05. The number of para-hydroxylation sites is 1. The van der Waals surface area contributed by atoms with Crippen molar-refractivity contribution in [2.45, 2.75) is 58.0 Å². The largest absolute Gasteiger partial charge is 0.443 e. The summed E-state index contributed by atoms with van der Waals surface area (Å²) >= 11 is 0. The predicted octanol–water partition coefficient (Wildman–Crippen LogP) is 5.31. The second-order valence-electron chi connectivity index (χ2n) is 11.5. The number of halogens is 3. The SMILES string of the molecule is CN1CCC(Nc2cccc3c2cc(/C(N)=N/OC(=O)CN(C(=O)OC(C)(C)C)c2ccccc2)n3CC(F)(F)F)CC1. The molecule has 1 saturated heterocycles. The summed E-state index contributed by atoms with van der Waals surface area (Å²) in [6, 6.07) is 15.1. The molecule has 13 heteroatoms. The number of nitrogens with one attached hydrogen (secondary N) is 1. The van der Waals surface area contributed by atoms with Crippen molar-refractivity contribution in [3.8, 4) is 0 Å². The number of nitrogens with two attached hydrogens (primary N) is 1. The molecule has 43 heavy (non-hydrogen) atoms. The highest BCUT2D eigenvalue weighted by Gasteiger charge is 2.31. The first-order valence-corrected chi connectivity index (χ1v) is 13.9. The maximum absolute atomic E-state index is 13.7. The third kappa shape index (κ3) is 8.63. The quantitative estimate of drug-likeness (QED) is 0.155. The van der Waals surface area contributed by atoms with Gasteiger partial charge in [-0.25, -0.2) is 9.59 Å². The molecule has 1 aromatic heterocycles. The zero-order chi connectivity index (χ0) is 31.4. The van der Waals surface area contributed by atoms with Gasteiger partial charge in [0, 0.05) is 22.8 Å². The van der Waals surface area contributed by atoms with Gasteiger partial charge < -0.3 is 30.1 Å². The van der Waals surface area contributed by atoms with Crippen molar-refractivity contribution in [2.24, 2.45) is 10.9 Å². The number of likely N-dealkylation sites (tertiary alicyclic amines) is 1. The van der Waals surface area contributed by atoms with Crippen LogP contribution in [0.15, 0.2) is 59.8 Å². The molecule has 4 rings (SSSR count). The molecular formula is C30H37F3N6O4. The highest BCUT2D eigenvalue weighted by atomic mass is 19.4.